The van der Waals surface area contributed by atoms with E-state index in [1.54, 1.807) is 7.11 Å². The first-order valence-electron chi connectivity index (χ1n) is 8.58. The predicted molar refractivity (Wildman–Crippen MR) is 95.7 cm³/mol. The number of benzene rings is 1. The molecule has 2 rings (SSSR count). The SMILES string of the molecule is COCOc1ccc(/C(C)=N\OCCOC2CCN(C(=O)O)CC2)cc1. The zero-order valence-corrected chi connectivity index (χ0v) is 15.2. The van der Waals surface area contributed by atoms with Crippen LogP contribution < -0.4 is 4.74 Å². The van der Waals surface area contributed by atoms with Crippen LogP contribution in [0.1, 0.15) is 25.3 Å². The van der Waals surface area contributed by atoms with E-state index in [9.17, 15) is 4.79 Å². The Morgan fingerprint density at radius 2 is 1.92 bits per heavy atom. The molecule has 0 saturated carbocycles. The fourth-order valence-electron chi connectivity index (χ4n) is 2.58. The van der Waals surface area contributed by atoms with Gasteiger partial charge < -0.3 is 29.1 Å². The van der Waals surface area contributed by atoms with Crippen molar-refractivity contribution in [3.8, 4) is 5.75 Å². The summed E-state index contributed by atoms with van der Waals surface area (Å²) in [5.74, 6) is 0.728. The number of carboxylic acid groups (broad SMARTS) is 1. The van der Waals surface area contributed by atoms with Gasteiger partial charge in [0.25, 0.3) is 0 Å². The summed E-state index contributed by atoms with van der Waals surface area (Å²) in [5, 5.41) is 13.0. The van der Waals surface area contributed by atoms with E-state index in [-0.39, 0.29) is 12.9 Å². The summed E-state index contributed by atoms with van der Waals surface area (Å²) in [7, 11) is 1.57. The third-order valence-corrected chi connectivity index (χ3v) is 4.06. The molecule has 1 fully saturated rings. The molecule has 1 aromatic rings. The Morgan fingerprint density at radius 1 is 1.23 bits per heavy atom. The number of ether oxygens (including phenoxy) is 3. The molecule has 0 bridgehead atoms. The molecule has 1 heterocycles. The third-order valence-electron chi connectivity index (χ3n) is 4.06. The van der Waals surface area contributed by atoms with E-state index in [4.69, 9.17) is 24.2 Å². The summed E-state index contributed by atoms with van der Waals surface area (Å²) in [6.45, 7) is 3.90. The molecule has 1 amide bonds. The molecule has 1 aliphatic rings. The van der Waals surface area contributed by atoms with Crippen LogP contribution in [0, 0.1) is 0 Å². The Bertz CT molecular complexity index is 582. The van der Waals surface area contributed by atoms with E-state index in [0.717, 1.165) is 17.0 Å². The molecular formula is C18H26N2O6. The quantitative estimate of drug-likeness (QED) is 0.313. The Hall–Kier alpha value is -2.32. The van der Waals surface area contributed by atoms with Crippen LogP contribution in [0.15, 0.2) is 29.4 Å². The first kappa shape index (κ1) is 20.0. The molecule has 0 unspecified atom stereocenters. The summed E-state index contributed by atoms with van der Waals surface area (Å²) in [5.41, 5.74) is 1.70. The van der Waals surface area contributed by atoms with Gasteiger partial charge >= 0.3 is 6.09 Å². The molecule has 0 aromatic heterocycles. The second-order valence-corrected chi connectivity index (χ2v) is 5.92. The summed E-state index contributed by atoms with van der Waals surface area (Å²) in [6, 6.07) is 7.50. The van der Waals surface area contributed by atoms with Crippen LogP contribution in [-0.2, 0) is 14.3 Å². The fraction of sp³-hybridized carbons (Fsp3) is 0.556. The van der Waals surface area contributed by atoms with Crippen molar-refractivity contribution in [3.05, 3.63) is 29.8 Å². The smallest absolute Gasteiger partial charge is 0.407 e. The number of oxime groups is 1. The van der Waals surface area contributed by atoms with Crippen molar-refractivity contribution in [2.45, 2.75) is 25.9 Å². The predicted octanol–water partition coefficient (Wildman–Crippen LogP) is 2.57. The highest BCUT2D eigenvalue weighted by molar-refractivity contribution is 5.98. The van der Waals surface area contributed by atoms with E-state index in [2.05, 4.69) is 5.16 Å². The number of amides is 1. The van der Waals surface area contributed by atoms with Crippen molar-refractivity contribution < 1.29 is 28.9 Å². The van der Waals surface area contributed by atoms with Gasteiger partial charge in [0.05, 0.1) is 18.4 Å². The number of hydrogen-bond donors (Lipinski definition) is 1. The Morgan fingerprint density at radius 3 is 2.54 bits per heavy atom. The van der Waals surface area contributed by atoms with Gasteiger partial charge in [0.15, 0.2) is 6.79 Å². The van der Waals surface area contributed by atoms with Gasteiger partial charge in [0.1, 0.15) is 12.4 Å². The number of nitrogens with zero attached hydrogens (tertiary/aromatic N) is 2. The second kappa shape index (κ2) is 10.6. The van der Waals surface area contributed by atoms with Crippen LogP contribution in [0.4, 0.5) is 4.79 Å². The van der Waals surface area contributed by atoms with E-state index in [1.165, 1.54) is 4.90 Å². The van der Waals surface area contributed by atoms with Gasteiger partial charge in [0, 0.05) is 20.2 Å². The van der Waals surface area contributed by atoms with Gasteiger partial charge in [-0.3, -0.25) is 0 Å². The van der Waals surface area contributed by atoms with Crippen LogP contribution in [0.5, 0.6) is 5.75 Å². The van der Waals surface area contributed by atoms with Crippen LogP contribution in [0.2, 0.25) is 0 Å². The van der Waals surface area contributed by atoms with E-state index < -0.39 is 6.09 Å². The van der Waals surface area contributed by atoms with Crippen molar-refractivity contribution in [1.29, 1.82) is 0 Å². The maximum atomic E-state index is 10.8. The number of rotatable bonds is 9. The van der Waals surface area contributed by atoms with Crippen LogP contribution >= 0.6 is 0 Å². The molecule has 0 spiro atoms. The molecule has 1 N–H and O–H groups in total. The maximum Gasteiger partial charge on any atom is 0.407 e. The second-order valence-electron chi connectivity index (χ2n) is 5.92. The van der Waals surface area contributed by atoms with Gasteiger partial charge in [-0.25, -0.2) is 4.79 Å². The first-order valence-corrected chi connectivity index (χ1v) is 8.58. The van der Waals surface area contributed by atoms with Crippen molar-refractivity contribution in [1.82, 2.24) is 4.90 Å². The molecule has 0 radical (unpaired) electrons. The highest BCUT2D eigenvalue weighted by Gasteiger charge is 2.22. The van der Waals surface area contributed by atoms with E-state index in [1.807, 2.05) is 31.2 Å². The fourth-order valence-corrected chi connectivity index (χ4v) is 2.58. The molecule has 26 heavy (non-hydrogen) atoms. The van der Waals surface area contributed by atoms with Crippen LogP contribution in [0.3, 0.4) is 0 Å². The lowest BCUT2D eigenvalue weighted by atomic mass is 10.1. The lowest BCUT2D eigenvalue weighted by Gasteiger charge is -2.29. The summed E-state index contributed by atoms with van der Waals surface area (Å²) in [6.07, 6.45) is 0.645. The highest BCUT2D eigenvalue weighted by Crippen LogP contribution is 2.14. The lowest BCUT2D eigenvalue weighted by molar-refractivity contribution is -0.0192. The minimum Gasteiger partial charge on any atom is -0.468 e. The molecule has 1 saturated heterocycles. The van der Waals surface area contributed by atoms with Gasteiger partial charge in [0.2, 0.25) is 0 Å². The summed E-state index contributed by atoms with van der Waals surface area (Å²) in [4.78, 5) is 17.6. The highest BCUT2D eigenvalue weighted by atomic mass is 16.7. The molecule has 0 aliphatic carbocycles. The average molecular weight is 366 g/mol. The standard InChI is InChI=1S/C18H26N2O6/c1-14(15-3-5-16(6-4-15)25-13-23-2)19-26-12-11-24-17-7-9-20(10-8-17)18(21)22/h3-6,17H,7-13H2,1-2H3,(H,21,22)/b19-14-. The molecule has 0 atom stereocenters. The average Bonchev–Trinajstić information content (AvgIpc) is 2.66. The first-order chi connectivity index (χ1) is 12.6. The molecule has 144 valence electrons. The van der Waals surface area contributed by atoms with Gasteiger partial charge in [-0.2, -0.15) is 0 Å². The normalized spacial score (nSPS) is 15.8. The zero-order chi connectivity index (χ0) is 18.8. The Labute approximate surface area is 153 Å². The number of piperidine rings is 1. The van der Waals surface area contributed by atoms with Crippen LogP contribution in [0.25, 0.3) is 0 Å². The lowest BCUT2D eigenvalue weighted by Crippen LogP contribution is -2.40. The number of carbonyl (C=O) groups is 1. The van der Waals surface area contributed by atoms with Crippen molar-refractivity contribution in [3.63, 3.8) is 0 Å². The molecule has 1 aliphatic heterocycles. The molecule has 1 aromatic carbocycles. The van der Waals surface area contributed by atoms with Gasteiger partial charge in [-0.1, -0.05) is 5.16 Å². The minimum absolute atomic E-state index is 0.0823. The van der Waals surface area contributed by atoms with Crippen molar-refractivity contribution in [2.24, 2.45) is 5.16 Å². The van der Waals surface area contributed by atoms with Crippen LogP contribution in [-0.4, -0.2) is 68.1 Å². The number of likely N-dealkylation sites (tertiary alicyclic amines) is 1. The maximum absolute atomic E-state index is 10.8. The zero-order valence-electron chi connectivity index (χ0n) is 15.2. The summed E-state index contributed by atoms with van der Waals surface area (Å²) >= 11 is 0. The Balaban J connectivity index is 1.64. The topological polar surface area (TPSA) is 89.8 Å². The van der Waals surface area contributed by atoms with E-state index in [0.29, 0.717) is 39.1 Å². The number of hydrogen-bond acceptors (Lipinski definition) is 6. The van der Waals surface area contributed by atoms with E-state index >= 15 is 0 Å². The van der Waals surface area contributed by atoms with Crippen molar-refractivity contribution in [2.75, 3.05) is 40.2 Å². The molecule has 8 nitrogen and oxygen atoms in total. The van der Waals surface area contributed by atoms with Gasteiger partial charge in [-0.05, 0) is 49.6 Å². The third kappa shape index (κ3) is 6.53. The molecular weight excluding hydrogens is 340 g/mol. The number of methoxy groups -OCH3 is 1. The Kier molecular flexibility index (Phi) is 8.17. The monoisotopic (exact) mass is 366 g/mol. The van der Waals surface area contributed by atoms with Gasteiger partial charge in [-0.15, -0.1) is 0 Å². The van der Waals surface area contributed by atoms with Crippen molar-refractivity contribution >= 4 is 11.8 Å². The minimum atomic E-state index is -0.866. The largest absolute Gasteiger partial charge is 0.468 e. The summed E-state index contributed by atoms with van der Waals surface area (Å²) < 4.78 is 15.9. The molecule has 8 heteroatoms.